The molecule has 1 saturated heterocycles. The molecule has 0 spiro atoms. The topological polar surface area (TPSA) is 94.8 Å². The van der Waals surface area contributed by atoms with E-state index in [4.69, 9.17) is 14.7 Å². The number of carbonyl (C=O) groups excluding carboxylic acids is 1. The number of aromatic nitrogens is 2. The predicted octanol–water partition coefficient (Wildman–Crippen LogP) is 3.71. The Kier molecular flexibility index (Phi) is 6.21. The lowest BCUT2D eigenvalue weighted by atomic mass is 10.1. The maximum atomic E-state index is 13.3. The van der Waals surface area contributed by atoms with E-state index in [1.807, 2.05) is 59.1 Å². The molecule has 1 unspecified atom stereocenters. The fourth-order valence-electron chi connectivity index (χ4n) is 5.06. The monoisotopic (exact) mass is 505 g/mol. The van der Waals surface area contributed by atoms with Gasteiger partial charge >= 0.3 is 6.09 Å². The van der Waals surface area contributed by atoms with Crippen molar-refractivity contribution in [3.8, 4) is 0 Å². The van der Waals surface area contributed by atoms with Crippen LogP contribution in [0.5, 0.6) is 0 Å². The molecule has 37 heavy (non-hydrogen) atoms. The molecular weight excluding hydrogens is 470 g/mol. The maximum Gasteiger partial charge on any atom is 0.410 e. The minimum atomic E-state index is -0.512. The van der Waals surface area contributed by atoms with E-state index in [1.54, 1.807) is 15.4 Å². The molecule has 5 heterocycles. The van der Waals surface area contributed by atoms with Gasteiger partial charge in [0.15, 0.2) is 0 Å². The number of anilines is 1. The first-order valence-corrected chi connectivity index (χ1v) is 12.7. The molecular formula is C27H35N7O3. The number of hydrogen-bond acceptors (Lipinski definition) is 8. The molecule has 1 fully saturated rings. The highest BCUT2D eigenvalue weighted by atomic mass is 16.6. The number of pyridine rings is 1. The second-order valence-corrected chi connectivity index (χ2v) is 10.9. The second kappa shape index (κ2) is 9.24. The van der Waals surface area contributed by atoms with Crippen molar-refractivity contribution in [1.82, 2.24) is 24.1 Å². The van der Waals surface area contributed by atoms with Gasteiger partial charge in [-0.1, -0.05) is 6.07 Å². The van der Waals surface area contributed by atoms with Crippen molar-refractivity contribution in [3.63, 3.8) is 0 Å². The molecule has 3 aliphatic rings. The first-order valence-electron chi connectivity index (χ1n) is 12.7. The fourth-order valence-corrected chi connectivity index (χ4v) is 5.06. The molecule has 1 amide bonds. The van der Waals surface area contributed by atoms with Gasteiger partial charge in [0.25, 0.3) is 5.56 Å². The maximum absolute atomic E-state index is 13.3. The van der Waals surface area contributed by atoms with Gasteiger partial charge in [-0.2, -0.15) is 0 Å². The van der Waals surface area contributed by atoms with E-state index in [2.05, 4.69) is 28.2 Å². The Morgan fingerprint density at radius 2 is 1.86 bits per heavy atom. The van der Waals surface area contributed by atoms with Crippen LogP contribution in [0, 0.1) is 0 Å². The summed E-state index contributed by atoms with van der Waals surface area (Å²) in [4.78, 5) is 41.3. The summed E-state index contributed by atoms with van der Waals surface area (Å²) >= 11 is 0. The number of rotatable bonds is 3. The predicted molar refractivity (Wildman–Crippen MR) is 144 cm³/mol. The molecule has 0 saturated carbocycles. The van der Waals surface area contributed by atoms with Gasteiger partial charge in [0.2, 0.25) is 0 Å². The summed E-state index contributed by atoms with van der Waals surface area (Å²) in [6.07, 6.45) is 5.32. The van der Waals surface area contributed by atoms with Gasteiger partial charge in [0.1, 0.15) is 28.9 Å². The van der Waals surface area contributed by atoms with Gasteiger partial charge in [0.05, 0.1) is 11.4 Å². The van der Waals surface area contributed by atoms with Crippen molar-refractivity contribution in [1.29, 1.82) is 0 Å². The Morgan fingerprint density at radius 3 is 2.57 bits per heavy atom. The molecule has 5 rings (SSSR count). The quantitative estimate of drug-likeness (QED) is 0.680. The number of likely N-dealkylation sites (tertiary alicyclic amines) is 1. The van der Waals surface area contributed by atoms with Gasteiger partial charge in [-0.3, -0.25) is 9.79 Å². The summed E-state index contributed by atoms with van der Waals surface area (Å²) in [6, 6.07) is 7.28. The molecule has 196 valence electrons. The number of fused-ring (bicyclic) bond motifs is 2. The lowest BCUT2D eigenvalue weighted by Crippen LogP contribution is -2.44. The molecule has 3 aliphatic heterocycles. The normalized spacial score (nSPS) is 20.4. The molecule has 10 heteroatoms. The summed E-state index contributed by atoms with van der Waals surface area (Å²) < 4.78 is 7.09. The number of carbonyl (C=O) groups is 1. The van der Waals surface area contributed by atoms with Gasteiger partial charge in [-0.25, -0.2) is 14.2 Å². The average Bonchev–Trinajstić information content (AvgIpc) is 3.12. The SMILES string of the molecule is CC1=CN2C=C(c3cc(=O)n4c(NC5CCN(C(=O)OC(C)(C)C)CC5)cccc4n3)N=C(C)C2N1C. The highest BCUT2D eigenvalue weighted by Crippen LogP contribution is 2.30. The van der Waals surface area contributed by atoms with Crippen LogP contribution in [-0.4, -0.2) is 73.8 Å². The molecule has 0 bridgehead atoms. The van der Waals surface area contributed by atoms with Crippen LogP contribution >= 0.6 is 0 Å². The van der Waals surface area contributed by atoms with Crippen LogP contribution in [-0.2, 0) is 4.74 Å². The smallest absolute Gasteiger partial charge is 0.410 e. The lowest BCUT2D eigenvalue weighted by molar-refractivity contribution is 0.0210. The molecule has 0 aliphatic carbocycles. The number of aliphatic imine (C=N–C) groups is 1. The summed E-state index contributed by atoms with van der Waals surface area (Å²) in [6.45, 7) is 10.9. The zero-order valence-electron chi connectivity index (χ0n) is 22.4. The van der Waals surface area contributed by atoms with E-state index in [0.717, 1.165) is 24.3 Å². The number of allylic oxidation sites excluding steroid dienone is 1. The molecule has 1 N–H and O–H groups in total. The van der Waals surface area contributed by atoms with E-state index in [1.165, 1.54) is 0 Å². The van der Waals surface area contributed by atoms with Crippen molar-refractivity contribution in [2.75, 3.05) is 25.5 Å². The fraction of sp³-hybridized carbons (Fsp3) is 0.481. The Bertz CT molecular complexity index is 1380. The zero-order chi connectivity index (χ0) is 26.5. The summed E-state index contributed by atoms with van der Waals surface area (Å²) in [5.74, 6) is 0.689. The summed E-state index contributed by atoms with van der Waals surface area (Å²) in [5.41, 5.74) is 3.18. The van der Waals surface area contributed by atoms with Crippen molar-refractivity contribution < 1.29 is 9.53 Å². The Labute approximate surface area is 216 Å². The van der Waals surface area contributed by atoms with Crippen LogP contribution in [0.2, 0.25) is 0 Å². The third-order valence-electron chi connectivity index (χ3n) is 6.93. The van der Waals surface area contributed by atoms with E-state index in [0.29, 0.717) is 35.9 Å². The van der Waals surface area contributed by atoms with E-state index >= 15 is 0 Å². The number of amides is 1. The summed E-state index contributed by atoms with van der Waals surface area (Å²) in [7, 11) is 2.05. The van der Waals surface area contributed by atoms with Crippen molar-refractivity contribution in [2.24, 2.45) is 4.99 Å². The first-order chi connectivity index (χ1) is 17.5. The van der Waals surface area contributed by atoms with E-state index in [-0.39, 0.29) is 23.9 Å². The largest absolute Gasteiger partial charge is 0.444 e. The standard InChI is InChI=1S/C27H35N7O3/c1-17-15-33-16-21(28-18(2)25(33)31(17)6)20-14-24(35)34-22(8-7-9-23(34)30-20)29-19-10-12-32(13-11-19)26(36)37-27(3,4)5/h7-9,14-16,19,25,29H,10-13H2,1-6H3. The number of ether oxygens (including phenoxy) is 1. The molecule has 1 atom stereocenters. The van der Waals surface area contributed by atoms with Gasteiger partial charge < -0.3 is 24.8 Å². The van der Waals surface area contributed by atoms with Gasteiger partial charge in [0, 0.05) is 50.3 Å². The van der Waals surface area contributed by atoms with Crippen molar-refractivity contribution >= 4 is 29.0 Å². The number of hydrogen-bond donors (Lipinski definition) is 1. The third kappa shape index (κ3) is 4.92. The van der Waals surface area contributed by atoms with Gasteiger partial charge in [-0.15, -0.1) is 0 Å². The highest BCUT2D eigenvalue weighted by Gasteiger charge is 2.32. The summed E-state index contributed by atoms with van der Waals surface area (Å²) in [5, 5.41) is 3.50. The molecule has 0 radical (unpaired) electrons. The van der Waals surface area contributed by atoms with Crippen LogP contribution in [0.15, 0.2) is 52.1 Å². The second-order valence-electron chi connectivity index (χ2n) is 10.9. The third-order valence-corrected chi connectivity index (χ3v) is 6.93. The van der Waals surface area contributed by atoms with Crippen LogP contribution in [0.1, 0.15) is 53.2 Å². The number of nitrogens with zero attached hydrogens (tertiary/aromatic N) is 6. The van der Waals surface area contributed by atoms with Gasteiger partial charge in [-0.05, 0) is 59.6 Å². The highest BCUT2D eigenvalue weighted by molar-refractivity contribution is 5.94. The minimum absolute atomic E-state index is 0.0582. The Balaban J connectivity index is 1.34. The lowest BCUT2D eigenvalue weighted by Gasteiger charge is -2.34. The van der Waals surface area contributed by atoms with Crippen LogP contribution in [0.4, 0.5) is 10.6 Å². The van der Waals surface area contributed by atoms with Crippen LogP contribution < -0.4 is 10.9 Å². The number of piperidine rings is 1. The Morgan fingerprint density at radius 1 is 1.14 bits per heavy atom. The molecule has 10 nitrogen and oxygen atoms in total. The first kappa shape index (κ1) is 24.9. The van der Waals surface area contributed by atoms with Crippen molar-refractivity contribution in [3.05, 3.63) is 58.4 Å². The van der Waals surface area contributed by atoms with Crippen LogP contribution in [0.3, 0.4) is 0 Å². The number of nitrogens with one attached hydrogen (secondary N) is 1. The average molecular weight is 506 g/mol. The van der Waals surface area contributed by atoms with Crippen LogP contribution in [0.25, 0.3) is 11.3 Å². The minimum Gasteiger partial charge on any atom is -0.444 e. The molecule has 0 aromatic carbocycles. The molecule has 2 aromatic rings. The Hall–Kier alpha value is -3.82. The van der Waals surface area contributed by atoms with E-state index < -0.39 is 5.60 Å². The molecule has 2 aromatic heterocycles. The van der Waals surface area contributed by atoms with E-state index in [9.17, 15) is 9.59 Å². The van der Waals surface area contributed by atoms with Crippen molar-refractivity contribution in [2.45, 2.75) is 65.3 Å². The zero-order valence-corrected chi connectivity index (χ0v) is 22.4.